The second-order valence-corrected chi connectivity index (χ2v) is 3.19. The number of hydrogen-bond donors (Lipinski definition) is 1. The first-order valence-electron chi connectivity index (χ1n) is 4.01. The maximum atomic E-state index is 10.5. The quantitative estimate of drug-likeness (QED) is 0.655. The summed E-state index contributed by atoms with van der Waals surface area (Å²) in [7, 11) is 0. The molecule has 68 valence electrons. The first-order valence-corrected chi connectivity index (χ1v) is 4.01. The van der Waals surface area contributed by atoms with E-state index < -0.39 is 5.97 Å². The van der Waals surface area contributed by atoms with Crippen LogP contribution in [0.2, 0.25) is 0 Å². The van der Waals surface area contributed by atoms with Gasteiger partial charge in [-0.2, -0.15) is 0 Å². The van der Waals surface area contributed by atoms with Crippen LogP contribution in [0.1, 0.15) is 20.8 Å². The number of rotatable bonds is 4. The van der Waals surface area contributed by atoms with Gasteiger partial charge in [-0.25, -0.2) is 0 Å². The Hall–Kier alpha value is -1.05. The molecular formula is C10H16O2. The standard InChI is InChI=1S/C10H16O2/c1-7(2)5-6-8(3)9(4)10(11)12/h5-6,8-9H,1H2,2-4H3,(H,11,12)/b6-5+/t8-,9-/m0/s1. The van der Waals surface area contributed by atoms with Gasteiger partial charge in [-0.3, -0.25) is 4.79 Å². The molecule has 0 aromatic rings. The molecule has 12 heavy (non-hydrogen) atoms. The van der Waals surface area contributed by atoms with Crippen LogP contribution < -0.4 is 0 Å². The van der Waals surface area contributed by atoms with Gasteiger partial charge in [0.25, 0.3) is 0 Å². The number of carboxylic acid groups (broad SMARTS) is 1. The zero-order chi connectivity index (χ0) is 9.72. The average molecular weight is 168 g/mol. The van der Waals surface area contributed by atoms with Crippen molar-refractivity contribution in [2.45, 2.75) is 20.8 Å². The molecular weight excluding hydrogens is 152 g/mol. The molecule has 0 aromatic heterocycles. The fraction of sp³-hybridized carbons (Fsp3) is 0.500. The molecule has 0 saturated carbocycles. The second-order valence-electron chi connectivity index (χ2n) is 3.19. The van der Waals surface area contributed by atoms with Crippen LogP contribution in [0.25, 0.3) is 0 Å². The topological polar surface area (TPSA) is 37.3 Å². The third-order valence-electron chi connectivity index (χ3n) is 1.86. The number of carboxylic acids is 1. The first-order chi connectivity index (χ1) is 5.45. The van der Waals surface area contributed by atoms with Gasteiger partial charge < -0.3 is 5.11 Å². The zero-order valence-corrected chi connectivity index (χ0v) is 7.87. The summed E-state index contributed by atoms with van der Waals surface area (Å²) in [5, 5.41) is 8.66. The minimum absolute atomic E-state index is 0.0548. The van der Waals surface area contributed by atoms with Gasteiger partial charge in [-0.1, -0.05) is 38.2 Å². The van der Waals surface area contributed by atoms with Gasteiger partial charge in [0, 0.05) is 0 Å². The van der Waals surface area contributed by atoms with Gasteiger partial charge in [-0.05, 0) is 12.8 Å². The Balaban J connectivity index is 4.12. The van der Waals surface area contributed by atoms with Crippen LogP contribution in [0.4, 0.5) is 0 Å². The maximum Gasteiger partial charge on any atom is 0.306 e. The molecule has 0 aliphatic carbocycles. The van der Waals surface area contributed by atoms with Crippen molar-refractivity contribution in [1.82, 2.24) is 0 Å². The van der Waals surface area contributed by atoms with E-state index in [4.69, 9.17) is 5.11 Å². The molecule has 0 fully saturated rings. The van der Waals surface area contributed by atoms with E-state index in [1.54, 1.807) is 6.92 Å². The maximum absolute atomic E-state index is 10.5. The summed E-state index contributed by atoms with van der Waals surface area (Å²) < 4.78 is 0. The van der Waals surface area contributed by atoms with Crippen LogP contribution in [0.3, 0.4) is 0 Å². The molecule has 0 amide bonds. The Labute approximate surface area is 73.6 Å². The summed E-state index contributed by atoms with van der Waals surface area (Å²) in [5.41, 5.74) is 0.944. The minimum atomic E-state index is -0.756. The molecule has 2 atom stereocenters. The molecule has 0 heterocycles. The second kappa shape index (κ2) is 4.75. The molecule has 0 aromatic carbocycles. The Kier molecular flexibility index (Phi) is 4.34. The highest BCUT2D eigenvalue weighted by Gasteiger charge is 2.16. The van der Waals surface area contributed by atoms with E-state index in [1.165, 1.54) is 0 Å². The fourth-order valence-electron chi connectivity index (χ4n) is 0.708. The van der Waals surface area contributed by atoms with E-state index in [9.17, 15) is 4.79 Å². The van der Waals surface area contributed by atoms with Crippen molar-refractivity contribution < 1.29 is 9.90 Å². The van der Waals surface area contributed by atoms with E-state index in [2.05, 4.69) is 6.58 Å². The molecule has 0 aliphatic rings. The van der Waals surface area contributed by atoms with E-state index >= 15 is 0 Å². The van der Waals surface area contributed by atoms with Crippen molar-refractivity contribution >= 4 is 5.97 Å². The predicted molar refractivity (Wildman–Crippen MR) is 49.9 cm³/mol. The SMILES string of the molecule is C=C(C)/C=C/[C@H](C)[C@H](C)C(=O)O. The highest BCUT2D eigenvalue weighted by molar-refractivity contribution is 5.70. The van der Waals surface area contributed by atoms with Gasteiger partial charge in [-0.15, -0.1) is 0 Å². The lowest BCUT2D eigenvalue weighted by Gasteiger charge is -2.10. The van der Waals surface area contributed by atoms with Crippen molar-refractivity contribution in [3.63, 3.8) is 0 Å². The van der Waals surface area contributed by atoms with Crippen LogP contribution in [-0.2, 0) is 4.79 Å². The molecule has 0 rings (SSSR count). The lowest BCUT2D eigenvalue weighted by Crippen LogP contribution is -2.16. The summed E-state index contributed by atoms with van der Waals surface area (Å²) >= 11 is 0. The van der Waals surface area contributed by atoms with Crippen molar-refractivity contribution in [3.05, 3.63) is 24.3 Å². The van der Waals surface area contributed by atoms with Gasteiger partial charge in [0.1, 0.15) is 0 Å². The minimum Gasteiger partial charge on any atom is -0.481 e. The molecule has 0 bridgehead atoms. The third-order valence-corrected chi connectivity index (χ3v) is 1.86. The van der Waals surface area contributed by atoms with E-state index in [-0.39, 0.29) is 11.8 Å². The number of aliphatic carboxylic acids is 1. The number of hydrogen-bond acceptors (Lipinski definition) is 1. The van der Waals surface area contributed by atoms with E-state index in [0.29, 0.717) is 0 Å². The number of carbonyl (C=O) groups is 1. The smallest absolute Gasteiger partial charge is 0.306 e. The van der Waals surface area contributed by atoms with Gasteiger partial charge >= 0.3 is 5.97 Å². The molecule has 1 N–H and O–H groups in total. The van der Waals surface area contributed by atoms with Crippen LogP contribution in [0.5, 0.6) is 0 Å². The molecule has 0 radical (unpaired) electrons. The van der Waals surface area contributed by atoms with Crippen LogP contribution in [0, 0.1) is 11.8 Å². The molecule has 0 aliphatic heterocycles. The molecule has 2 nitrogen and oxygen atoms in total. The summed E-state index contributed by atoms with van der Waals surface area (Å²) in [4.78, 5) is 10.5. The first kappa shape index (κ1) is 11.0. The van der Waals surface area contributed by atoms with Crippen LogP contribution >= 0.6 is 0 Å². The van der Waals surface area contributed by atoms with Gasteiger partial charge in [0.15, 0.2) is 0 Å². The number of allylic oxidation sites excluding steroid dienone is 3. The Bertz CT molecular complexity index is 204. The third kappa shape index (κ3) is 3.96. The summed E-state index contributed by atoms with van der Waals surface area (Å²) in [6.45, 7) is 9.17. The highest BCUT2D eigenvalue weighted by Crippen LogP contribution is 2.12. The van der Waals surface area contributed by atoms with Crippen LogP contribution in [0.15, 0.2) is 24.3 Å². The normalized spacial score (nSPS) is 15.9. The van der Waals surface area contributed by atoms with E-state index in [1.807, 2.05) is 26.0 Å². The lowest BCUT2D eigenvalue weighted by atomic mass is 9.95. The Morgan fingerprint density at radius 2 is 2.00 bits per heavy atom. The van der Waals surface area contributed by atoms with E-state index in [0.717, 1.165) is 5.57 Å². The van der Waals surface area contributed by atoms with Crippen molar-refractivity contribution in [1.29, 1.82) is 0 Å². The average Bonchev–Trinajstić information content (AvgIpc) is 1.98. The molecule has 0 spiro atoms. The van der Waals surface area contributed by atoms with Gasteiger partial charge in [0.05, 0.1) is 5.92 Å². The Morgan fingerprint density at radius 3 is 2.33 bits per heavy atom. The monoisotopic (exact) mass is 168 g/mol. The molecule has 0 saturated heterocycles. The van der Waals surface area contributed by atoms with Gasteiger partial charge in [0.2, 0.25) is 0 Å². The zero-order valence-electron chi connectivity index (χ0n) is 7.87. The summed E-state index contributed by atoms with van der Waals surface area (Å²) in [6.07, 6.45) is 3.73. The van der Waals surface area contributed by atoms with Crippen molar-refractivity contribution in [2.24, 2.45) is 11.8 Å². The lowest BCUT2D eigenvalue weighted by molar-refractivity contribution is -0.142. The molecule has 2 heteroatoms. The highest BCUT2D eigenvalue weighted by atomic mass is 16.4. The van der Waals surface area contributed by atoms with Crippen LogP contribution in [-0.4, -0.2) is 11.1 Å². The summed E-state index contributed by atoms with van der Waals surface area (Å²) in [6, 6.07) is 0. The summed E-state index contributed by atoms with van der Waals surface area (Å²) in [5.74, 6) is -1.03. The largest absolute Gasteiger partial charge is 0.481 e. The molecule has 0 unspecified atom stereocenters. The Morgan fingerprint density at radius 1 is 1.50 bits per heavy atom. The predicted octanol–water partition coefficient (Wildman–Crippen LogP) is 2.48. The fourth-order valence-corrected chi connectivity index (χ4v) is 0.708. The van der Waals surface area contributed by atoms with Crippen molar-refractivity contribution in [3.8, 4) is 0 Å². The van der Waals surface area contributed by atoms with Crippen molar-refractivity contribution in [2.75, 3.05) is 0 Å².